The van der Waals surface area contributed by atoms with Gasteiger partial charge in [-0.3, -0.25) is 4.79 Å². The van der Waals surface area contributed by atoms with Crippen LogP contribution in [0.3, 0.4) is 0 Å². The fourth-order valence-corrected chi connectivity index (χ4v) is 2.43. The predicted molar refractivity (Wildman–Crippen MR) is 83.3 cm³/mol. The van der Waals surface area contributed by atoms with Crippen LogP contribution in [-0.4, -0.2) is 10.9 Å². The van der Waals surface area contributed by atoms with Gasteiger partial charge >= 0.3 is 0 Å². The molecule has 2 rings (SSSR count). The van der Waals surface area contributed by atoms with Gasteiger partial charge in [0.05, 0.1) is 5.52 Å². The Kier molecular flexibility index (Phi) is 3.70. The fraction of sp³-hybridized carbons (Fsp3) is 0.176. The minimum absolute atomic E-state index is 0.277. The topological polar surface area (TPSA) is 56.0 Å². The van der Waals surface area contributed by atoms with Crippen molar-refractivity contribution in [1.29, 1.82) is 0 Å². The number of benzene rings is 1. The van der Waals surface area contributed by atoms with Crippen LogP contribution in [-0.2, 0) is 0 Å². The van der Waals surface area contributed by atoms with Crippen LogP contribution in [0.2, 0.25) is 0 Å². The van der Waals surface area contributed by atoms with Crippen LogP contribution in [0.5, 0.6) is 0 Å². The van der Waals surface area contributed by atoms with Crippen LogP contribution in [0.15, 0.2) is 48.1 Å². The maximum atomic E-state index is 11.5. The Hall–Kier alpha value is -2.42. The molecule has 3 nitrogen and oxygen atoms in total. The van der Waals surface area contributed by atoms with Gasteiger partial charge in [-0.05, 0) is 44.0 Å². The summed E-state index contributed by atoms with van der Waals surface area (Å²) in [7, 11) is 0. The zero-order chi connectivity index (χ0) is 14.9. The van der Waals surface area contributed by atoms with E-state index < -0.39 is 5.91 Å². The maximum Gasteiger partial charge on any atom is 0.267 e. The molecule has 1 aromatic heterocycles. The van der Waals surface area contributed by atoms with E-state index >= 15 is 0 Å². The van der Waals surface area contributed by atoms with Gasteiger partial charge in [0.15, 0.2) is 0 Å². The molecular formula is C17H18N2O. The van der Waals surface area contributed by atoms with Gasteiger partial charge in [-0.25, -0.2) is 4.98 Å². The van der Waals surface area contributed by atoms with E-state index in [2.05, 4.69) is 11.6 Å². The van der Waals surface area contributed by atoms with Gasteiger partial charge in [0.1, 0.15) is 5.69 Å². The average Bonchev–Trinajstić information content (AvgIpc) is 2.37. The number of rotatable bonds is 3. The minimum atomic E-state index is -0.521. The number of hydrogen-bond donors (Lipinski definition) is 1. The van der Waals surface area contributed by atoms with Gasteiger partial charge < -0.3 is 5.73 Å². The van der Waals surface area contributed by atoms with E-state index in [0.29, 0.717) is 0 Å². The predicted octanol–water partition coefficient (Wildman–Crippen LogP) is 3.70. The van der Waals surface area contributed by atoms with Gasteiger partial charge in [0, 0.05) is 5.39 Å². The van der Waals surface area contributed by atoms with Gasteiger partial charge in [0.2, 0.25) is 0 Å². The zero-order valence-electron chi connectivity index (χ0n) is 12.0. The van der Waals surface area contributed by atoms with Gasteiger partial charge in [0.25, 0.3) is 5.91 Å². The Morgan fingerprint density at radius 2 is 1.85 bits per heavy atom. The van der Waals surface area contributed by atoms with Crippen molar-refractivity contribution in [3.05, 3.63) is 59.3 Å². The molecule has 20 heavy (non-hydrogen) atoms. The van der Waals surface area contributed by atoms with Crippen molar-refractivity contribution in [3.8, 4) is 0 Å². The molecular weight excluding hydrogens is 248 g/mol. The standard InChI is InChI=1S/C17H18N2O/c1-10(2)16(11(3)4)13-9-15(17(18)20)19-14-8-6-5-7-12(13)14/h5-9H,1H2,2-4H3,(H2,18,20). The summed E-state index contributed by atoms with van der Waals surface area (Å²) in [5.41, 5.74) is 10.5. The van der Waals surface area contributed by atoms with Gasteiger partial charge in [-0.2, -0.15) is 0 Å². The van der Waals surface area contributed by atoms with Gasteiger partial charge in [-0.1, -0.05) is 35.9 Å². The van der Waals surface area contributed by atoms with Crippen molar-refractivity contribution in [2.75, 3.05) is 0 Å². The molecule has 1 amide bonds. The Balaban J connectivity index is 2.90. The molecule has 0 saturated carbocycles. The smallest absolute Gasteiger partial charge is 0.267 e. The number of nitrogens with zero attached hydrogens (tertiary/aromatic N) is 1. The number of fused-ring (bicyclic) bond motifs is 1. The summed E-state index contributed by atoms with van der Waals surface area (Å²) in [6, 6.07) is 9.48. The van der Waals surface area contributed by atoms with Crippen molar-refractivity contribution in [1.82, 2.24) is 4.98 Å². The highest BCUT2D eigenvalue weighted by Crippen LogP contribution is 2.31. The van der Waals surface area contributed by atoms with Crippen molar-refractivity contribution in [2.45, 2.75) is 20.8 Å². The molecule has 2 aromatic rings. The molecule has 0 spiro atoms. The summed E-state index contributed by atoms with van der Waals surface area (Å²) < 4.78 is 0. The molecule has 0 aliphatic heterocycles. The number of carbonyl (C=O) groups is 1. The van der Waals surface area contributed by atoms with E-state index in [1.165, 1.54) is 0 Å². The Bertz CT molecular complexity index is 738. The Morgan fingerprint density at radius 3 is 2.40 bits per heavy atom. The van der Waals surface area contributed by atoms with E-state index in [1.54, 1.807) is 6.07 Å². The lowest BCUT2D eigenvalue weighted by Crippen LogP contribution is -2.13. The molecule has 0 bridgehead atoms. The summed E-state index contributed by atoms with van der Waals surface area (Å²) in [5.74, 6) is -0.521. The maximum absolute atomic E-state index is 11.5. The van der Waals surface area contributed by atoms with E-state index in [-0.39, 0.29) is 5.69 Å². The van der Waals surface area contributed by atoms with Crippen molar-refractivity contribution in [3.63, 3.8) is 0 Å². The molecule has 1 heterocycles. The molecule has 102 valence electrons. The first-order chi connectivity index (χ1) is 9.41. The van der Waals surface area contributed by atoms with Crippen molar-refractivity contribution < 1.29 is 4.79 Å². The lowest BCUT2D eigenvalue weighted by molar-refractivity contribution is 0.0996. The molecule has 0 saturated heterocycles. The third-order valence-corrected chi connectivity index (χ3v) is 3.16. The SMILES string of the molecule is C=C(C)C(=C(C)C)c1cc(C(N)=O)nc2ccccc12. The lowest BCUT2D eigenvalue weighted by Gasteiger charge is -2.14. The second-order valence-electron chi connectivity index (χ2n) is 5.09. The number of allylic oxidation sites excluding steroid dienone is 3. The van der Waals surface area contributed by atoms with E-state index in [4.69, 9.17) is 5.73 Å². The second kappa shape index (κ2) is 5.29. The summed E-state index contributed by atoms with van der Waals surface area (Å²) in [5, 5.41) is 0.997. The van der Waals surface area contributed by atoms with Crippen molar-refractivity contribution in [2.24, 2.45) is 5.73 Å². The summed E-state index contributed by atoms with van der Waals surface area (Å²) in [6.45, 7) is 10.1. The van der Waals surface area contributed by atoms with Crippen LogP contribution in [0.25, 0.3) is 16.5 Å². The quantitative estimate of drug-likeness (QED) is 0.861. The highest BCUT2D eigenvalue weighted by molar-refractivity contribution is 6.01. The molecule has 0 radical (unpaired) electrons. The van der Waals surface area contributed by atoms with Crippen LogP contribution >= 0.6 is 0 Å². The molecule has 0 fully saturated rings. The number of hydrogen-bond acceptors (Lipinski definition) is 2. The third-order valence-electron chi connectivity index (χ3n) is 3.16. The zero-order valence-corrected chi connectivity index (χ0v) is 12.0. The molecule has 0 atom stereocenters. The fourth-order valence-electron chi connectivity index (χ4n) is 2.43. The number of aromatic nitrogens is 1. The summed E-state index contributed by atoms with van der Waals surface area (Å²) in [4.78, 5) is 15.8. The number of carbonyl (C=O) groups excluding carboxylic acids is 1. The molecule has 0 unspecified atom stereocenters. The third kappa shape index (κ3) is 2.48. The molecule has 2 N–H and O–H groups in total. The van der Waals surface area contributed by atoms with E-state index in [9.17, 15) is 4.79 Å². The first-order valence-corrected chi connectivity index (χ1v) is 6.45. The van der Waals surface area contributed by atoms with E-state index in [1.807, 2.05) is 45.0 Å². The number of pyridine rings is 1. The number of primary amides is 1. The first-order valence-electron chi connectivity index (χ1n) is 6.45. The summed E-state index contributed by atoms with van der Waals surface area (Å²) in [6.07, 6.45) is 0. The Labute approximate surface area is 118 Å². The number of para-hydroxylation sites is 1. The lowest BCUT2D eigenvalue weighted by atomic mass is 9.92. The summed E-state index contributed by atoms with van der Waals surface area (Å²) >= 11 is 0. The monoisotopic (exact) mass is 266 g/mol. The average molecular weight is 266 g/mol. The van der Waals surface area contributed by atoms with Crippen LogP contribution in [0, 0.1) is 0 Å². The van der Waals surface area contributed by atoms with Crippen LogP contribution < -0.4 is 5.73 Å². The molecule has 1 aromatic carbocycles. The number of amides is 1. The molecule has 0 aliphatic carbocycles. The molecule has 0 aliphatic rings. The number of nitrogens with two attached hydrogens (primary N) is 1. The molecule has 3 heteroatoms. The first kappa shape index (κ1) is 14.0. The van der Waals surface area contributed by atoms with Crippen LogP contribution in [0.4, 0.5) is 0 Å². The largest absolute Gasteiger partial charge is 0.364 e. The van der Waals surface area contributed by atoms with Crippen molar-refractivity contribution >= 4 is 22.4 Å². The Morgan fingerprint density at radius 1 is 1.20 bits per heavy atom. The normalized spacial score (nSPS) is 10.3. The second-order valence-corrected chi connectivity index (χ2v) is 5.09. The van der Waals surface area contributed by atoms with E-state index in [0.717, 1.165) is 33.2 Å². The highest BCUT2D eigenvalue weighted by Gasteiger charge is 2.13. The van der Waals surface area contributed by atoms with Crippen LogP contribution in [0.1, 0.15) is 36.8 Å². The highest BCUT2D eigenvalue weighted by atomic mass is 16.1. The van der Waals surface area contributed by atoms with Gasteiger partial charge in [-0.15, -0.1) is 0 Å². The minimum Gasteiger partial charge on any atom is -0.364 e.